The van der Waals surface area contributed by atoms with Gasteiger partial charge in [-0.25, -0.2) is 0 Å². The quantitative estimate of drug-likeness (QED) is 0.913. The lowest BCUT2D eigenvalue weighted by Gasteiger charge is -2.36. The molecule has 0 bridgehead atoms. The molecule has 1 saturated carbocycles. The molecular formula is C18H22N2O3S. The molecule has 1 aliphatic heterocycles. The van der Waals surface area contributed by atoms with Gasteiger partial charge in [0.1, 0.15) is 0 Å². The van der Waals surface area contributed by atoms with E-state index in [1.165, 1.54) is 4.90 Å². The maximum absolute atomic E-state index is 12.6. The van der Waals surface area contributed by atoms with E-state index in [2.05, 4.69) is 5.32 Å². The smallest absolute Gasteiger partial charge is 0.289 e. The molecule has 128 valence electrons. The number of carbonyl (C=O) groups is 3. The summed E-state index contributed by atoms with van der Waals surface area (Å²) in [6.07, 6.45) is 3.53. The third-order valence-electron chi connectivity index (χ3n) is 4.65. The SMILES string of the molecule is Cc1cc(C)cc(C(=O)N[C@H]2CCCC[C@H]2N2C(=O)CSC2=O)c1. The number of nitrogens with zero attached hydrogens (tertiary/aromatic N) is 1. The molecule has 24 heavy (non-hydrogen) atoms. The zero-order chi connectivity index (χ0) is 17.3. The van der Waals surface area contributed by atoms with Crippen LogP contribution in [0.1, 0.15) is 47.2 Å². The van der Waals surface area contributed by atoms with Crippen LogP contribution in [0.2, 0.25) is 0 Å². The second kappa shape index (κ2) is 6.97. The van der Waals surface area contributed by atoms with Crippen LogP contribution in [0.15, 0.2) is 18.2 Å². The molecule has 5 nitrogen and oxygen atoms in total. The number of imide groups is 1. The second-order valence-electron chi connectivity index (χ2n) is 6.63. The van der Waals surface area contributed by atoms with Gasteiger partial charge in [-0.1, -0.05) is 41.8 Å². The molecule has 2 atom stereocenters. The van der Waals surface area contributed by atoms with Crippen LogP contribution in [0.4, 0.5) is 4.79 Å². The molecule has 0 radical (unpaired) electrons. The third-order valence-corrected chi connectivity index (χ3v) is 5.48. The predicted octanol–water partition coefficient (Wildman–Crippen LogP) is 3.04. The molecule has 3 rings (SSSR count). The lowest BCUT2D eigenvalue weighted by Crippen LogP contribution is -2.54. The largest absolute Gasteiger partial charge is 0.347 e. The van der Waals surface area contributed by atoms with Crippen LogP contribution in [-0.2, 0) is 4.79 Å². The standard InChI is InChI=1S/C18H22N2O3S/c1-11-7-12(2)9-13(8-11)17(22)19-14-5-3-4-6-15(14)20-16(21)10-24-18(20)23/h7-9,14-15H,3-6,10H2,1-2H3,(H,19,22)/t14-,15+/m0/s1. The Hall–Kier alpha value is -1.82. The molecule has 1 saturated heterocycles. The zero-order valence-electron chi connectivity index (χ0n) is 14.0. The predicted molar refractivity (Wildman–Crippen MR) is 94.1 cm³/mol. The van der Waals surface area contributed by atoms with Crippen molar-refractivity contribution < 1.29 is 14.4 Å². The van der Waals surface area contributed by atoms with Crippen LogP contribution in [0.25, 0.3) is 0 Å². The van der Waals surface area contributed by atoms with Gasteiger partial charge in [-0.2, -0.15) is 0 Å². The Morgan fingerprint density at radius 3 is 2.42 bits per heavy atom. The number of rotatable bonds is 3. The van der Waals surface area contributed by atoms with Crippen molar-refractivity contribution in [2.75, 3.05) is 5.75 Å². The fourth-order valence-corrected chi connectivity index (χ4v) is 4.39. The van der Waals surface area contributed by atoms with Gasteiger partial charge in [-0.05, 0) is 38.8 Å². The van der Waals surface area contributed by atoms with Gasteiger partial charge >= 0.3 is 0 Å². The van der Waals surface area contributed by atoms with E-state index in [0.717, 1.165) is 48.6 Å². The van der Waals surface area contributed by atoms with E-state index < -0.39 is 0 Å². The first-order valence-corrected chi connectivity index (χ1v) is 9.32. The number of aryl methyl sites for hydroxylation is 2. The van der Waals surface area contributed by atoms with E-state index >= 15 is 0 Å². The highest BCUT2D eigenvalue weighted by Gasteiger charge is 2.41. The highest BCUT2D eigenvalue weighted by atomic mass is 32.2. The summed E-state index contributed by atoms with van der Waals surface area (Å²) in [7, 11) is 0. The summed E-state index contributed by atoms with van der Waals surface area (Å²) >= 11 is 1.05. The van der Waals surface area contributed by atoms with Crippen LogP contribution in [-0.4, -0.2) is 39.8 Å². The minimum atomic E-state index is -0.219. The number of hydrogen-bond donors (Lipinski definition) is 1. The van der Waals surface area contributed by atoms with Gasteiger partial charge in [0.05, 0.1) is 17.8 Å². The minimum absolute atomic E-state index is 0.134. The van der Waals surface area contributed by atoms with Crippen LogP contribution in [0.5, 0.6) is 0 Å². The van der Waals surface area contributed by atoms with Crippen LogP contribution < -0.4 is 5.32 Å². The van der Waals surface area contributed by atoms with Gasteiger partial charge in [0, 0.05) is 5.56 Å². The molecule has 0 spiro atoms. The van der Waals surface area contributed by atoms with Crippen molar-refractivity contribution in [1.29, 1.82) is 0 Å². The van der Waals surface area contributed by atoms with Gasteiger partial charge in [-0.3, -0.25) is 19.3 Å². The van der Waals surface area contributed by atoms with E-state index in [-0.39, 0.29) is 34.9 Å². The second-order valence-corrected chi connectivity index (χ2v) is 7.55. The number of carbonyl (C=O) groups excluding carboxylic acids is 3. The molecule has 1 heterocycles. The van der Waals surface area contributed by atoms with Gasteiger partial charge in [0.2, 0.25) is 5.91 Å². The van der Waals surface area contributed by atoms with E-state index in [1.807, 2.05) is 32.0 Å². The molecule has 6 heteroatoms. The first-order chi connectivity index (χ1) is 11.5. The number of benzene rings is 1. The molecule has 1 N–H and O–H groups in total. The fourth-order valence-electron chi connectivity index (χ4n) is 3.63. The number of thioether (sulfide) groups is 1. The van der Waals surface area contributed by atoms with Gasteiger partial charge in [-0.15, -0.1) is 0 Å². The van der Waals surface area contributed by atoms with Crippen molar-refractivity contribution >= 4 is 28.8 Å². The maximum atomic E-state index is 12.6. The zero-order valence-corrected chi connectivity index (χ0v) is 14.8. The van der Waals surface area contributed by atoms with Crippen molar-refractivity contribution in [3.8, 4) is 0 Å². The summed E-state index contributed by atoms with van der Waals surface area (Å²) in [4.78, 5) is 38.1. The first kappa shape index (κ1) is 17.0. The fraction of sp³-hybridized carbons (Fsp3) is 0.500. The maximum Gasteiger partial charge on any atom is 0.289 e. The number of amides is 3. The number of hydrogen-bond acceptors (Lipinski definition) is 4. The molecule has 1 aliphatic carbocycles. The Kier molecular flexibility index (Phi) is 4.94. The van der Waals surface area contributed by atoms with Gasteiger partial charge < -0.3 is 5.32 Å². The summed E-state index contributed by atoms with van der Waals surface area (Å²) in [5, 5.41) is 2.88. The van der Waals surface area contributed by atoms with Crippen LogP contribution in [0.3, 0.4) is 0 Å². The van der Waals surface area contributed by atoms with E-state index in [4.69, 9.17) is 0 Å². The molecular weight excluding hydrogens is 324 g/mol. The highest BCUT2D eigenvalue weighted by Crippen LogP contribution is 2.30. The normalized spacial score (nSPS) is 24.3. The van der Waals surface area contributed by atoms with Crippen LogP contribution in [0, 0.1) is 13.8 Å². The van der Waals surface area contributed by atoms with Crippen molar-refractivity contribution in [2.24, 2.45) is 0 Å². The molecule has 0 unspecified atom stereocenters. The molecule has 0 aromatic heterocycles. The topological polar surface area (TPSA) is 66.5 Å². The third kappa shape index (κ3) is 3.48. The van der Waals surface area contributed by atoms with E-state index in [9.17, 15) is 14.4 Å². The molecule has 1 aromatic rings. The molecule has 3 amide bonds. The van der Waals surface area contributed by atoms with Crippen molar-refractivity contribution in [1.82, 2.24) is 10.2 Å². The molecule has 2 aliphatic rings. The Morgan fingerprint density at radius 1 is 1.12 bits per heavy atom. The van der Waals surface area contributed by atoms with Crippen molar-refractivity contribution in [3.05, 3.63) is 34.9 Å². The average Bonchev–Trinajstić information content (AvgIpc) is 2.86. The summed E-state index contributed by atoms with van der Waals surface area (Å²) in [5.41, 5.74) is 2.72. The van der Waals surface area contributed by atoms with E-state index in [1.54, 1.807) is 0 Å². The minimum Gasteiger partial charge on any atom is -0.347 e. The summed E-state index contributed by atoms with van der Waals surface area (Å²) in [6, 6.07) is 5.37. The summed E-state index contributed by atoms with van der Waals surface area (Å²) in [6.45, 7) is 3.93. The Morgan fingerprint density at radius 2 is 1.79 bits per heavy atom. The van der Waals surface area contributed by atoms with Gasteiger partial charge in [0.15, 0.2) is 0 Å². The Balaban J connectivity index is 1.77. The van der Waals surface area contributed by atoms with Gasteiger partial charge in [0.25, 0.3) is 11.1 Å². The Labute approximate surface area is 146 Å². The van der Waals surface area contributed by atoms with Crippen LogP contribution >= 0.6 is 11.8 Å². The summed E-state index contributed by atoms with van der Waals surface area (Å²) < 4.78 is 0. The Bertz CT molecular complexity index is 653. The first-order valence-electron chi connectivity index (χ1n) is 8.33. The summed E-state index contributed by atoms with van der Waals surface area (Å²) in [5.74, 6) is -0.0550. The monoisotopic (exact) mass is 346 g/mol. The number of nitrogens with one attached hydrogen (secondary N) is 1. The van der Waals surface area contributed by atoms with Crippen molar-refractivity contribution in [2.45, 2.75) is 51.6 Å². The average molecular weight is 346 g/mol. The molecule has 1 aromatic carbocycles. The lowest BCUT2D eigenvalue weighted by atomic mass is 9.89. The van der Waals surface area contributed by atoms with E-state index in [0.29, 0.717) is 5.56 Å². The highest BCUT2D eigenvalue weighted by molar-refractivity contribution is 8.14. The van der Waals surface area contributed by atoms with Crippen molar-refractivity contribution in [3.63, 3.8) is 0 Å². The lowest BCUT2D eigenvalue weighted by molar-refractivity contribution is -0.127. The molecule has 2 fully saturated rings.